The summed E-state index contributed by atoms with van der Waals surface area (Å²) >= 11 is 0. The first-order chi connectivity index (χ1) is 17.5. The van der Waals surface area contributed by atoms with Gasteiger partial charge in [0.15, 0.2) is 0 Å². The monoisotopic (exact) mass is 540 g/mol. The van der Waals surface area contributed by atoms with Crippen molar-refractivity contribution in [3.05, 3.63) is 68.8 Å². The van der Waals surface area contributed by atoms with Crippen molar-refractivity contribution in [1.29, 1.82) is 0 Å². The van der Waals surface area contributed by atoms with Crippen LogP contribution >= 0.6 is 0 Å². The van der Waals surface area contributed by atoms with Crippen LogP contribution in [0.2, 0.25) is 0 Å². The average Bonchev–Trinajstić information content (AvgIpc) is 2.76. The molecule has 2 aromatic rings. The molecule has 0 spiro atoms. The van der Waals surface area contributed by atoms with Crippen LogP contribution < -0.4 is 0 Å². The Morgan fingerprint density at radius 2 is 0.718 bits per heavy atom. The van der Waals surface area contributed by atoms with Crippen LogP contribution in [0.1, 0.15) is 128 Å². The topological polar surface area (TPSA) is 80.9 Å². The number of hydrogen-bond acceptors (Lipinski definition) is 4. The third-order valence-corrected chi connectivity index (χ3v) is 8.50. The van der Waals surface area contributed by atoms with Crippen molar-refractivity contribution >= 4 is 0 Å². The fourth-order valence-corrected chi connectivity index (χ4v) is 6.79. The molecular formula is C35H56O4. The van der Waals surface area contributed by atoms with Gasteiger partial charge < -0.3 is 20.4 Å². The summed E-state index contributed by atoms with van der Waals surface area (Å²) in [6, 6.07) is 8.05. The molecule has 0 amide bonds. The number of rotatable bonds is 6. The zero-order chi connectivity index (χ0) is 30.6. The number of hydrogen-bond donors (Lipinski definition) is 4. The minimum absolute atomic E-state index is 0.121. The van der Waals surface area contributed by atoms with E-state index in [4.69, 9.17) is 0 Å². The molecule has 0 saturated carbocycles. The van der Waals surface area contributed by atoms with Crippen molar-refractivity contribution in [3.63, 3.8) is 0 Å². The third kappa shape index (κ3) is 5.73. The summed E-state index contributed by atoms with van der Waals surface area (Å²) in [6.45, 7) is 28.3. The molecule has 220 valence electrons. The standard InChI is InChI=1S/C35H56O4/c1-22-24(30(3,4)5)15-17-26(28(22)32(9,10)11)35(39,34(19-36,20-37)21-38)27-18-16-25(31(6,7)8)23(2)29(27)33(12,13)14/h15-18,36-39H,19-21H2,1-14H3. The van der Waals surface area contributed by atoms with E-state index in [9.17, 15) is 20.4 Å². The number of benzene rings is 2. The Labute approximate surface area is 238 Å². The molecule has 4 N–H and O–H groups in total. The highest BCUT2D eigenvalue weighted by molar-refractivity contribution is 5.58. The molecular weight excluding hydrogens is 484 g/mol. The van der Waals surface area contributed by atoms with Crippen molar-refractivity contribution < 1.29 is 20.4 Å². The Bertz CT molecular complexity index is 1080. The molecule has 2 aromatic carbocycles. The lowest BCUT2D eigenvalue weighted by Gasteiger charge is -2.49. The van der Waals surface area contributed by atoms with Gasteiger partial charge in [0.05, 0.1) is 25.2 Å². The molecule has 4 heteroatoms. The van der Waals surface area contributed by atoms with Crippen molar-refractivity contribution in [2.45, 2.75) is 124 Å². The highest BCUT2D eigenvalue weighted by Gasteiger charge is 2.55. The number of aliphatic hydroxyl groups excluding tert-OH is 3. The van der Waals surface area contributed by atoms with Gasteiger partial charge in [-0.05, 0) is 80.0 Å². The largest absolute Gasteiger partial charge is 0.395 e. The van der Waals surface area contributed by atoms with Gasteiger partial charge >= 0.3 is 0 Å². The van der Waals surface area contributed by atoms with Gasteiger partial charge in [-0.25, -0.2) is 0 Å². The first kappa shape index (κ1) is 33.5. The lowest BCUT2D eigenvalue weighted by molar-refractivity contribution is -0.137. The van der Waals surface area contributed by atoms with E-state index in [0.29, 0.717) is 11.1 Å². The van der Waals surface area contributed by atoms with Gasteiger partial charge in [-0.3, -0.25) is 0 Å². The van der Waals surface area contributed by atoms with E-state index in [1.807, 2.05) is 12.1 Å². The molecule has 0 atom stereocenters. The highest BCUT2D eigenvalue weighted by atomic mass is 16.3. The molecule has 2 rings (SSSR count). The first-order valence-electron chi connectivity index (χ1n) is 14.3. The average molecular weight is 541 g/mol. The van der Waals surface area contributed by atoms with Crippen LogP contribution in [0.3, 0.4) is 0 Å². The third-order valence-electron chi connectivity index (χ3n) is 8.50. The van der Waals surface area contributed by atoms with Crippen LogP contribution in [0, 0.1) is 19.3 Å². The summed E-state index contributed by atoms with van der Waals surface area (Å²) in [4.78, 5) is 0. The summed E-state index contributed by atoms with van der Waals surface area (Å²) in [5.41, 5.74) is 3.16. The summed E-state index contributed by atoms with van der Waals surface area (Å²) < 4.78 is 0. The molecule has 0 saturated heterocycles. The number of aliphatic hydroxyl groups is 4. The minimum Gasteiger partial charge on any atom is -0.395 e. The van der Waals surface area contributed by atoms with Crippen LogP contribution in [0.25, 0.3) is 0 Å². The van der Waals surface area contributed by atoms with E-state index in [1.165, 1.54) is 11.1 Å². The van der Waals surface area contributed by atoms with Crippen molar-refractivity contribution in [3.8, 4) is 0 Å². The fraction of sp³-hybridized carbons (Fsp3) is 0.657. The van der Waals surface area contributed by atoms with Gasteiger partial charge in [-0.1, -0.05) is 107 Å². The van der Waals surface area contributed by atoms with Crippen molar-refractivity contribution in [1.82, 2.24) is 0 Å². The quantitative estimate of drug-likeness (QED) is 0.329. The highest BCUT2D eigenvalue weighted by Crippen LogP contribution is 2.53. The molecule has 0 aliphatic carbocycles. The summed E-state index contributed by atoms with van der Waals surface area (Å²) in [5, 5.41) is 45.9. The maximum absolute atomic E-state index is 13.3. The van der Waals surface area contributed by atoms with E-state index in [-0.39, 0.29) is 21.7 Å². The van der Waals surface area contributed by atoms with Crippen LogP contribution in [0.5, 0.6) is 0 Å². The molecule has 0 aliphatic rings. The van der Waals surface area contributed by atoms with E-state index < -0.39 is 30.8 Å². The van der Waals surface area contributed by atoms with Gasteiger partial charge in [0, 0.05) is 0 Å². The van der Waals surface area contributed by atoms with Gasteiger partial charge in [0.1, 0.15) is 5.60 Å². The first-order valence-corrected chi connectivity index (χ1v) is 14.3. The lowest BCUT2D eigenvalue weighted by atomic mass is 9.59. The molecule has 0 aliphatic heterocycles. The van der Waals surface area contributed by atoms with Gasteiger partial charge in [-0.15, -0.1) is 0 Å². The molecule has 0 bridgehead atoms. The Balaban J connectivity index is 3.35. The van der Waals surface area contributed by atoms with Gasteiger partial charge in [0.25, 0.3) is 0 Å². The van der Waals surface area contributed by atoms with Gasteiger partial charge in [-0.2, -0.15) is 0 Å². The summed E-state index contributed by atoms with van der Waals surface area (Å²) in [7, 11) is 0. The Hall–Kier alpha value is -1.72. The van der Waals surface area contributed by atoms with Crippen LogP contribution in [0.4, 0.5) is 0 Å². The second-order valence-corrected chi connectivity index (χ2v) is 15.8. The van der Waals surface area contributed by atoms with Crippen LogP contribution in [0.15, 0.2) is 24.3 Å². The molecule has 0 unspecified atom stereocenters. The van der Waals surface area contributed by atoms with Gasteiger partial charge in [0.2, 0.25) is 0 Å². The van der Waals surface area contributed by atoms with Crippen LogP contribution in [-0.4, -0.2) is 40.2 Å². The van der Waals surface area contributed by atoms with E-state index in [2.05, 4.69) is 109 Å². The molecule has 39 heavy (non-hydrogen) atoms. The predicted octanol–water partition coefficient (Wildman–Crippen LogP) is 6.69. The molecule has 0 aromatic heterocycles. The Morgan fingerprint density at radius 1 is 0.462 bits per heavy atom. The van der Waals surface area contributed by atoms with E-state index in [0.717, 1.165) is 22.3 Å². The second kappa shape index (κ2) is 10.6. The maximum atomic E-state index is 13.3. The smallest absolute Gasteiger partial charge is 0.127 e. The maximum Gasteiger partial charge on any atom is 0.127 e. The van der Waals surface area contributed by atoms with E-state index in [1.54, 1.807) is 0 Å². The minimum atomic E-state index is -1.89. The second-order valence-electron chi connectivity index (χ2n) is 15.8. The molecule has 4 nitrogen and oxygen atoms in total. The molecule has 0 heterocycles. The van der Waals surface area contributed by atoms with E-state index >= 15 is 0 Å². The Morgan fingerprint density at radius 3 is 0.923 bits per heavy atom. The summed E-state index contributed by atoms with van der Waals surface area (Å²) in [5.74, 6) is 0. The lowest BCUT2D eigenvalue weighted by Crippen LogP contribution is -2.56. The molecule has 0 radical (unpaired) electrons. The molecule has 0 fully saturated rings. The fourth-order valence-electron chi connectivity index (χ4n) is 6.79. The predicted molar refractivity (Wildman–Crippen MR) is 164 cm³/mol. The van der Waals surface area contributed by atoms with Crippen molar-refractivity contribution in [2.24, 2.45) is 5.41 Å². The van der Waals surface area contributed by atoms with Crippen LogP contribution in [-0.2, 0) is 27.3 Å². The summed E-state index contributed by atoms with van der Waals surface area (Å²) in [6.07, 6.45) is 0. The normalized spacial score (nSPS) is 14.2. The van der Waals surface area contributed by atoms with Crippen molar-refractivity contribution in [2.75, 3.05) is 19.8 Å². The zero-order valence-corrected chi connectivity index (χ0v) is 27.2. The zero-order valence-electron chi connectivity index (χ0n) is 27.2. The SMILES string of the molecule is Cc1c(C(C)(C)C)ccc(C(O)(c2ccc(C(C)(C)C)c(C)c2C(C)(C)C)C(CO)(CO)CO)c1C(C)(C)C. The Kier molecular flexibility index (Phi) is 9.10.